The van der Waals surface area contributed by atoms with Gasteiger partial charge in [0, 0.05) is 57.3 Å². The third-order valence-corrected chi connectivity index (χ3v) is 7.29. The lowest BCUT2D eigenvalue weighted by Gasteiger charge is -2.35. The summed E-state index contributed by atoms with van der Waals surface area (Å²) in [5.74, 6) is 4.25. The number of nitrogens with zero attached hydrogens (tertiary/aromatic N) is 7. The fourth-order valence-electron chi connectivity index (χ4n) is 5.24. The van der Waals surface area contributed by atoms with Gasteiger partial charge in [-0.2, -0.15) is 0 Å². The van der Waals surface area contributed by atoms with Crippen LogP contribution in [-0.4, -0.2) is 95.6 Å². The predicted octanol–water partition coefficient (Wildman–Crippen LogP) is 2.99. The summed E-state index contributed by atoms with van der Waals surface area (Å²) >= 11 is 0. The minimum Gasteiger partial charge on any atom is -0.493 e. The van der Waals surface area contributed by atoms with Gasteiger partial charge in [0.2, 0.25) is 5.95 Å². The van der Waals surface area contributed by atoms with Crippen LogP contribution in [0.2, 0.25) is 0 Å². The third kappa shape index (κ3) is 5.70. The van der Waals surface area contributed by atoms with Gasteiger partial charge >= 0.3 is 0 Å². The minimum atomic E-state index is 0.0407. The Bertz CT molecular complexity index is 1420. The monoisotopic (exact) mass is 543 g/mol. The molecular formula is C29H33N7O4. The van der Waals surface area contributed by atoms with Gasteiger partial charge in [-0.1, -0.05) is 18.2 Å². The SMILES string of the molecule is COc1cc2ncnc(N3CCN(c4ncc(Oc5ccccc5)cn4)CC3)c2cc1OC1CCN(CCO)C1. The second-order valence-corrected chi connectivity index (χ2v) is 9.88. The Morgan fingerprint density at radius 3 is 2.40 bits per heavy atom. The molecule has 11 nitrogen and oxygen atoms in total. The van der Waals surface area contributed by atoms with E-state index in [-0.39, 0.29) is 12.7 Å². The Morgan fingerprint density at radius 1 is 0.875 bits per heavy atom. The van der Waals surface area contributed by atoms with Crippen LogP contribution in [0.4, 0.5) is 11.8 Å². The number of methoxy groups -OCH3 is 1. The van der Waals surface area contributed by atoms with Crippen LogP contribution in [-0.2, 0) is 0 Å². The quantitative estimate of drug-likeness (QED) is 0.336. The molecule has 2 saturated heterocycles. The van der Waals surface area contributed by atoms with E-state index in [1.54, 1.807) is 25.8 Å². The molecule has 2 fully saturated rings. The highest BCUT2D eigenvalue weighted by atomic mass is 16.5. The largest absolute Gasteiger partial charge is 0.493 e. The van der Waals surface area contributed by atoms with Crippen molar-refractivity contribution in [2.24, 2.45) is 0 Å². The van der Waals surface area contributed by atoms with Gasteiger partial charge in [-0.15, -0.1) is 0 Å². The standard InChI is InChI=1S/C29H33N7O4/c1-38-26-16-25-24(15-27(26)40-22-7-8-34(19-22)13-14-37)28(33-20-32-25)35-9-11-36(12-10-35)29-30-17-23(18-31-29)39-21-5-3-2-4-6-21/h2-6,15-18,20,22,37H,7-14,19H2,1H3. The van der Waals surface area contributed by atoms with Crippen LogP contribution in [0.1, 0.15) is 6.42 Å². The number of piperazine rings is 1. The number of aliphatic hydroxyl groups excluding tert-OH is 1. The third-order valence-electron chi connectivity index (χ3n) is 7.29. The highest BCUT2D eigenvalue weighted by Crippen LogP contribution is 2.36. The lowest BCUT2D eigenvalue weighted by atomic mass is 10.1. The van der Waals surface area contributed by atoms with Crippen LogP contribution < -0.4 is 24.0 Å². The van der Waals surface area contributed by atoms with Gasteiger partial charge in [0.15, 0.2) is 17.2 Å². The molecule has 2 aliphatic rings. The molecule has 0 saturated carbocycles. The van der Waals surface area contributed by atoms with Gasteiger partial charge in [0.1, 0.15) is 24.0 Å². The molecule has 0 radical (unpaired) electrons. The lowest BCUT2D eigenvalue weighted by molar-refractivity contribution is 0.177. The molecule has 0 aliphatic carbocycles. The topological polar surface area (TPSA) is 109 Å². The average molecular weight is 544 g/mol. The predicted molar refractivity (Wildman–Crippen MR) is 152 cm³/mol. The van der Waals surface area contributed by atoms with E-state index < -0.39 is 0 Å². The molecule has 2 aromatic carbocycles. The van der Waals surface area contributed by atoms with Crippen LogP contribution in [0.3, 0.4) is 0 Å². The van der Waals surface area contributed by atoms with Gasteiger partial charge in [-0.3, -0.25) is 4.90 Å². The summed E-state index contributed by atoms with van der Waals surface area (Å²) in [7, 11) is 1.64. The molecule has 6 rings (SSSR count). The zero-order valence-electron chi connectivity index (χ0n) is 22.5. The molecule has 11 heteroatoms. The van der Waals surface area contributed by atoms with E-state index >= 15 is 0 Å². The maximum atomic E-state index is 9.26. The Labute approximate surface area is 233 Å². The number of hydrogen-bond acceptors (Lipinski definition) is 11. The molecule has 0 bridgehead atoms. The lowest BCUT2D eigenvalue weighted by Crippen LogP contribution is -2.47. The van der Waals surface area contributed by atoms with Crippen molar-refractivity contribution in [1.82, 2.24) is 24.8 Å². The first-order valence-electron chi connectivity index (χ1n) is 13.6. The summed E-state index contributed by atoms with van der Waals surface area (Å²) in [5.41, 5.74) is 0.808. The Kier molecular flexibility index (Phi) is 7.73. The van der Waals surface area contributed by atoms with E-state index in [1.807, 2.05) is 42.5 Å². The second-order valence-electron chi connectivity index (χ2n) is 9.88. The highest BCUT2D eigenvalue weighted by Gasteiger charge is 2.26. The molecular weight excluding hydrogens is 510 g/mol. The van der Waals surface area contributed by atoms with E-state index in [9.17, 15) is 5.11 Å². The van der Waals surface area contributed by atoms with Crippen molar-refractivity contribution in [3.05, 3.63) is 61.2 Å². The fraction of sp³-hybridized carbons (Fsp3) is 0.379. The zero-order valence-corrected chi connectivity index (χ0v) is 22.5. The molecule has 2 aromatic heterocycles. The number of para-hydroxylation sites is 1. The van der Waals surface area contributed by atoms with Gasteiger partial charge < -0.3 is 29.1 Å². The smallest absolute Gasteiger partial charge is 0.225 e. The summed E-state index contributed by atoms with van der Waals surface area (Å²) in [6.07, 6.45) is 5.97. The number of aliphatic hydroxyl groups is 1. The van der Waals surface area contributed by atoms with Gasteiger partial charge in [0.05, 0.1) is 31.6 Å². The molecule has 4 heterocycles. The summed E-state index contributed by atoms with van der Waals surface area (Å²) in [6, 6.07) is 13.5. The Hall–Kier alpha value is -4.22. The number of hydrogen-bond donors (Lipinski definition) is 1. The molecule has 40 heavy (non-hydrogen) atoms. The highest BCUT2D eigenvalue weighted by molar-refractivity contribution is 5.92. The van der Waals surface area contributed by atoms with Gasteiger partial charge in [-0.05, 0) is 24.6 Å². The van der Waals surface area contributed by atoms with Crippen molar-refractivity contribution in [1.29, 1.82) is 0 Å². The van der Waals surface area contributed by atoms with Crippen LogP contribution in [0, 0.1) is 0 Å². The molecule has 2 aliphatic heterocycles. The molecule has 0 amide bonds. The van der Waals surface area contributed by atoms with Crippen LogP contribution in [0.25, 0.3) is 10.9 Å². The van der Waals surface area contributed by atoms with Gasteiger partial charge in [-0.25, -0.2) is 19.9 Å². The maximum absolute atomic E-state index is 9.26. The van der Waals surface area contributed by atoms with Crippen molar-refractivity contribution >= 4 is 22.7 Å². The van der Waals surface area contributed by atoms with Crippen LogP contribution in [0.15, 0.2) is 61.2 Å². The number of β-amino-alcohol motifs (C(OH)–C–C–N with tert-alkyl or cyclic N) is 1. The maximum Gasteiger partial charge on any atom is 0.225 e. The van der Waals surface area contributed by atoms with Crippen LogP contribution >= 0.6 is 0 Å². The minimum absolute atomic E-state index is 0.0407. The molecule has 208 valence electrons. The molecule has 0 spiro atoms. The normalized spacial score (nSPS) is 17.8. The van der Waals surface area contributed by atoms with E-state index in [0.717, 1.165) is 68.2 Å². The first-order valence-corrected chi connectivity index (χ1v) is 13.6. The second kappa shape index (κ2) is 11.9. The number of anilines is 2. The molecule has 1 unspecified atom stereocenters. The first kappa shape index (κ1) is 26.0. The molecule has 1 atom stereocenters. The van der Waals surface area contributed by atoms with Crippen molar-refractivity contribution in [3.8, 4) is 23.0 Å². The van der Waals surface area contributed by atoms with E-state index in [4.69, 9.17) is 14.2 Å². The average Bonchev–Trinajstić information content (AvgIpc) is 3.44. The Balaban J connectivity index is 1.14. The first-order chi connectivity index (χ1) is 19.7. The van der Waals surface area contributed by atoms with Crippen molar-refractivity contribution in [3.63, 3.8) is 0 Å². The number of rotatable bonds is 9. The molecule has 4 aromatic rings. The Morgan fingerprint density at radius 2 is 1.65 bits per heavy atom. The number of likely N-dealkylation sites (tertiary alicyclic amines) is 1. The summed E-state index contributed by atoms with van der Waals surface area (Å²) in [5, 5.41) is 10.2. The fourth-order valence-corrected chi connectivity index (χ4v) is 5.24. The number of aromatic nitrogens is 4. The summed E-state index contributed by atoms with van der Waals surface area (Å²) in [4.78, 5) is 24.9. The van der Waals surface area contributed by atoms with E-state index in [1.165, 1.54) is 0 Å². The van der Waals surface area contributed by atoms with Gasteiger partial charge in [0.25, 0.3) is 0 Å². The summed E-state index contributed by atoms with van der Waals surface area (Å²) in [6.45, 7) is 5.54. The van der Waals surface area contributed by atoms with Crippen molar-refractivity contribution in [2.75, 3.05) is 69.3 Å². The van der Waals surface area contributed by atoms with Crippen molar-refractivity contribution in [2.45, 2.75) is 12.5 Å². The summed E-state index contributed by atoms with van der Waals surface area (Å²) < 4.78 is 17.9. The number of benzene rings is 2. The zero-order chi connectivity index (χ0) is 27.3. The number of fused-ring (bicyclic) bond motifs is 1. The van der Waals surface area contributed by atoms with Crippen LogP contribution in [0.5, 0.6) is 23.0 Å². The number of ether oxygens (including phenoxy) is 3. The van der Waals surface area contributed by atoms with E-state index in [2.05, 4.69) is 34.6 Å². The van der Waals surface area contributed by atoms with Crippen molar-refractivity contribution < 1.29 is 19.3 Å². The molecule has 1 N–H and O–H groups in total. The van der Waals surface area contributed by atoms with E-state index in [0.29, 0.717) is 29.7 Å².